The molecule has 4 rings (SSSR count). The zero-order valence-corrected chi connectivity index (χ0v) is 16.3. The molecule has 1 aliphatic rings. The lowest BCUT2D eigenvalue weighted by atomic mass is 9.99. The average molecular weight is 405 g/mol. The molecule has 1 aromatic heterocycles. The number of esters is 1. The zero-order chi connectivity index (χ0) is 21.1. The molecule has 1 amide bonds. The summed E-state index contributed by atoms with van der Waals surface area (Å²) in [4.78, 5) is 40.3. The molecule has 3 aromatic rings. The number of carbonyl (C=O) groups is 3. The van der Waals surface area contributed by atoms with E-state index in [-0.39, 0.29) is 37.1 Å². The third-order valence-corrected chi connectivity index (χ3v) is 4.90. The monoisotopic (exact) mass is 405 g/mol. The number of hydrogen-bond donors (Lipinski definition) is 1. The normalized spacial score (nSPS) is 14.8. The van der Waals surface area contributed by atoms with Crippen LogP contribution in [-0.2, 0) is 20.7 Å². The van der Waals surface area contributed by atoms with Crippen LogP contribution < -0.4 is 5.32 Å². The molecule has 0 saturated carbocycles. The molecule has 2 aromatic carbocycles. The predicted molar refractivity (Wildman–Crippen MR) is 107 cm³/mol. The highest BCUT2D eigenvalue weighted by Crippen LogP contribution is 2.32. The Hall–Kier alpha value is -3.81. The lowest BCUT2D eigenvalue weighted by Gasteiger charge is -2.06. The fraction of sp³-hybridized carbons (Fsp3) is 0.227. The number of rotatable bonds is 7. The molecule has 8 nitrogen and oxygen atoms in total. The zero-order valence-electron chi connectivity index (χ0n) is 16.3. The van der Waals surface area contributed by atoms with E-state index >= 15 is 0 Å². The van der Waals surface area contributed by atoms with Crippen LogP contribution in [0.4, 0.5) is 5.69 Å². The molecule has 152 valence electrons. The van der Waals surface area contributed by atoms with Crippen molar-refractivity contribution in [2.75, 3.05) is 11.9 Å². The topological polar surface area (TPSA) is 111 Å². The summed E-state index contributed by atoms with van der Waals surface area (Å²) >= 11 is 0. The maximum absolute atomic E-state index is 12.3. The number of Topliss-reactive ketones (excluding diaryl/α,β-unsaturated/α-hetero) is 1. The van der Waals surface area contributed by atoms with Crippen molar-refractivity contribution in [2.45, 2.75) is 25.7 Å². The minimum atomic E-state index is -0.533. The van der Waals surface area contributed by atoms with E-state index in [0.29, 0.717) is 23.0 Å². The second-order valence-corrected chi connectivity index (χ2v) is 6.97. The fourth-order valence-electron chi connectivity index (χ4n) is 3.16. The SMILES string of the molecule is C[C@H]1C(=O)Nc2ccc(C(=O)COC(=O)CCc3nc(-c4ccccc4)no3)cc21. The van der Waals surface area contributed by atoms with Crippen LogP contribution in [0.3, 0.4) is 0 Å². The van der Waals surface area contributed by atoms with E-state index in [1.54, 1.807) is 25.1 Å². The summed E-state index contributed by atoms with van der Waals surface area (Å²) in [7, 11) is 0. The fourth-order valence-corrected chi connectivity index (χ4v) is 3.16. The molecular formula is C22H19N3O5. The van der Waals surface area contributed by atoms with Crippen molar-refractivity contribution < 1.29 is 23.6 Å². The van der Waals surface area contributed by atoms with Crippen molar-refractivity contribution in [2.24, 2.45) is 0 Å². The van der Waals surface area contributed by atoms with E-state index in [0.717, 1.165) is 11.1 Å². The highest BCUT2D eigenvalue weighted by atomic mass is 16.5. The summed E-state index contributed by atoms with van der Waals surface area (Å²) in [5, 5.41) is 6.65. The Labute approximate surface area is 172 Å². The first-order chi connectivity index (χ1) is 14.5. The van der Waals surface area contributed by atoms with Crippen molar-refractivity contribution in [1.29, 1.82) is 0 Å². The number of amides is 1. The van der Waals surface area contributed by atoms with E-state index in [4.69, 9.17) is 9.26 Å². The number of carbonyl (C=O) groups excluding carboxylic acids is 3. The van der Waals surface area contributed by atoms with Gasteiger partial charge in [-0.1, -0.05) is 35.5 Å². The molecule has 1 aliphatic heterocycles. The molecule has 1 atom stereocenters. The van der Waals surface area contributed by atoms with Crippen LogP contribution in [0, 0.1) is 0 Å². The van der Waals surface area contributed by atoms with E-state index in [9.17, 15) is 14.4 Å². The van der Waals surface area contributed by atoms with Gasteiger partial charge in [-0.25, -0.2) is 0 Å². The second kappa shape index (κ2) is 8.28. The number of aromatic nitrogens is 2. The molecule has 1 N–H and O–H groups in total. The highest BCUT2D eigenvalue weighted by Gasteiger charge is 2.27. The number of fused-ring (bicyclic) bond motifs is 1. The smallest absolute Gasteiger partial charge is 0.306 e. The predicted octanol–water partition coefficient (Wildman–Crippen LogP) is 3.15. The number of ether oxygens (including phenoxy) is 1. The van der Waals surface area contributed by atoms with Gasteiger partial charge in [-0.05, 0) is 30.7 Å². The molecule has 0 fully saturated rings. The van der Waals surface area contributed by atoms with Crippen LogP contribution in [0.25, 0.3) is 11.4 Å². The van der Waals surface area contributed by atoms with Crippen LogP contribution in [0.2, 0.25) is 0 Å². The van der Waals surface area contributed by atoms with Gasteiger partial charge in [-0.2, -0.15) is 4.98 Å². The van der Waals surface area contributed by atoms with Gasteiger partial charge >= 0.3 is 5.97 Å². The summed E-state index contributed by atoms with van der Waals surface area (Å²) in [6.45, 7) is 1.41. The Balaban J connectivity index is 1.28. The maximum atomic E-state index is 12.3. The number of hydrogen-bond acceptors (Lipinski definition) is 7. The standard InChI is InChI=1S/C22H19N3O5/c1-13-16-11-15(7-8-17(16)23-22(13)28)18(26)12-29-20(27)10-9-19-24-21(25-30-19)14-5-3-2-4-6-14/h2-8,11,13H,9-10,12H2,1H3,(H,23,28)/t13-/m1/s1. The van der Waals surface area contributed by atoms with Gasteiger partial charge in [0.05, 0.1) is 12.3 Å². The quantitative estimate of drug-likeness (QED) is 0.475. The minimum absolute atomic E-state index is 0.0172. The van der Waals surface area contributed by atoms with E-state index in [1.165, 1.54) is 0 Å². The molecule has 2 heterocycles. The summed E-state index contributed by atoms with van der Waals surface area (Å²) in [6, 6.07) is 14.3. The molecule has 0 radical (unpaired) electrons. The lowest BCUT2D eigenvalue weighted by molar-refractivity contribution is -0.142. The van der Waals surface area contributed by atoms with Crippen molar-refractivity contribution in [3.05, 3.63) is 65.5 Å². The number of benzene rings is 2. The minimum Gasteiger partial charge on any atom is -0.457 e. The number of anilines is 1. The van der Waals surface area contributed by atoms with Crippen LogP contribution in [0.15, 0.2) is 53.1 Å². The summed E-state index contributed by atoms with van der Waals surface area (Å²) in [5.41, 5.74) is 2.69. The van der Waals surface area contributed by atoms with Crippen molar-refractivity contribution in [3.8, 4) is 11.4 Å². The summed E-state index contributed by atoms with van der Waals surface area (Å²) in [5.74, 6) is -0.506. The van der Waals surface area contributed by atoms with Crippen molar-refractivity contribution in [1.82, 2.24) is 10.1 Å². The van der Waals surface area contributed by atoms with Gasteiger partial charge < -0.3 is 14.6 Å². The largest absolute Gasteiger partial charge is 0.457 e. The summed E-state index contributed by atoms with van der Waals surface area (Å²) in [6.07, 6.45) is 0.236. The van der Waals surface area contributed by atoms with Crippen LogP contribution in [-0.4, -0.2) is 34.4 Å². The third kappa shape index (κ3) is 4.12. The maximum Gasteiger partial charge on any atom is 0.306 e. The van der Waals surface area contributed by atoms with Gasteiger partial charge in [0.1, 0.15) is 0 Å². The molecule has 0 bridgehead atoms. The number of aryl methyl sites for hydroxylation is 1. The van der Waals surface area contributed by atoms with E-state index in [1.807, 2.05) is 30.3 Å². The third-order valence-electron chi connectivity index (χ3n) is 4.90. The van der Waals surface area contributed by atoms with Gasteiger partial charge in [0, 0.05) is 23.2 Å². The number of nitrogens with one attached hydrogen (secondary N) is 1. The molecule has 0 aliphatic carbocycles. The Morgan fingerprint density at radius 1 is 1.17 bits per heavy atom. The first kappa shape index (κ1) is 19.5. The Bertz CT molecular complexity index is 1110. The van der Waals surface area contributed by atoms with Crippen LogP contribution in [0.1, 0.15) is 41.1 Å². The molecule has 0 unspecified atom stereocenters. The molecular weight excluding hydrogens is 386 g/mol. The Kier molecular flexibility index (Phi) is 5.38. The van der Waals surface area contributed by atoms with Crippen LogP contribution in [0.5, 0.6) is 0 Å². The van der Waals surface area contributed by atoms with Crippen molar-refractivity contribution >= 4 is 23.3 Å². The Morgan fingerprint density at radius 2 is 1.97 bits per heavy atom. The van der Waals surface area contributed by atoms with Gasteiger partial charge in [0.2, 0.25) is 17.6 Å². The number of ketones is 1. The van der Waals surface area contributed by atoms with Gasteiger partial charge in [-0.15, -0.1) is 0 Å². The summed E-state index contributed by atoms with van der Waals surface area (Å²) < 4.78 is 10.2. The van der Waals surface area contributed by atoms with E-state index in [2.05, 4.69) is 15.5 Å². The molecule has 0 saturated heterocycles. The van der Waals surface area contributed by atoms with Crippen molar-refractivity contribution in [3.63, 3.8) is 0 Å². The van der Waals surface area contributed by atoms with Gasteiger partial charge in [0.25, 0.3) is 0 Å². The first-order valence-corrected chi connectivity index (χ1v) is 9.53. The lowest BCUT2D eigenvalue weighted by Crippen LogP contribution is -2.15. The van der Waals surface area contributed by atoms with Gasteiger partial charge in [-0.3, -0.25) is 14.4 Å². The van der Waals surface area contributed by atoms with Crippen LogP contribution >= 0.6 is 0 Å². The second-order valence-electron chi connectivity index (χ2n) is 6.97. The molecule has 0 spiro atoms. The highest BCUT2D eigenvalue weighted by molar-refractivity contribution is 6.05. The van der Waals surface area contributed by atoms with E-state index < -0.39 is 5.97 Å². The average Bonchev–Trinajstić information content (AvgIpc) is 3.35. The van der Waals surface area contributed by atoms with Gasteiger partial charge in [0.15, 0.2) is 12.4 Å². The Morgan fingerprint density at radius 3 is 2.77 bits per heavy atom. The molecule has 8 heteroatoms. The first-order valence-electron chi connectivity index (χ1n) is 9.53. The number of nitrogens with zero attached hydrogens (tertiary/aromatic N) is 2. The molecule has 30 heavy (non-hydrogen) atoms.